The summed E-state index contributed by atoms with van der Waals surface area (Å²) in [5.41, 5.74) is 3.24. The minimum absolute atomic E-state index is 0.00769. The third-order valence-corrected chi connectivity index (χ3v) is 8.53. The largest absolute Gasteiger partial charge is 0.494 e. The van der Waals surface area contributed by atoms with Crippen molar-refractivity contribution in [3.05, 3.63) is 117 Å². The van der Waals surface area contributed by atoms with Gasteiger partial charge >= 0.3 is 0 Å². The molecule has 6 rings (SSSR count). The highest BCUT2D eigenvalue weighted by Gasteiger charge is 2.35. The third-order valence-electron chi connectivity index (χ3n) is 8.18. The van der Waals surface area contributed by atoms with E-state index in [0.717, 1.165) is 17.8 Å². The molecule has 3 heterocycles. The Morgan fingerprint density at radius 2 is 1.77 bits per heavy atom. The van der Waals surface area contributed by atoms with Gasteiger partial charge in [0.1, 0.15) is 11.6 Å². The smallest absolute Gasteiger partial charge is 0.255 e. The summed E-state index contributed by atoms with van der Waals surface area (Å²) < 4.78 is 21.8. The van der Waals surface area contributed by atoms with E-state index in [2.05, 4.69) is 15.5 Å². The van der Waals surface area contributed by atoms with E-state index in [-0.39, 0.29) is 40.3 Å². The molecule has 3 aromatic carbocycles. The second-order valence-corrected chi connectivity index (χ2v) is 11.6. The van der Waals surface area contributed by atoms with E-state index in [1.54, 1.807) is 54.6 Å². The highest BCUT2D eigenvalue weighted by Crippen LogP contribution is 2.39. The maximum absolute atomic E-state index is 14.5. The molecule has 2 N–H and O–H groups in total. The number of halogens is 2. The van der Waals surface area contributed by atoms with Crippen molar-refractivity contribution in [3.63, 3.8) is 0 Å². The average molecular weight is 615 g/mol. The standard InChI is InChI=1S/C34H32ClFN4O4/c1-2-44-25-12-10-24(11-13-25)37-34(43)22-9-14-31(29(16-22)38-32(41)17-26-27(35)5-3-6-28(26)36)39-18-21-15-23(20-39)30-7-4-8-33(42)40(30)19-21/h3-14,16,21,23H,2,15,17-20H2,1H3,(H,37,43)(H,38,41)/t21-,23+/m1/s1. The molecule has 1 aromatic heterocycles. The number of anilines is 3. The first-order chi connectivity index (χ1) is 21.3. The number of carbonyl (C=O) groups excluding carboxylic acids is 2. The van der Waals surface area contributed by atoms with Crippen LogP contribution < -0.4 is 25.8 Å². The van der Waals surface area contributed by atoms with Crippen molar-refractivity contribution < 1.29 is 18.7 Å². The van der Waals surface area contributed by atoms with E-state index < -0.39 is 11.7 Å². The number of hydrogen-bond donors (Lipinski definition) is 2. The number of hydrogen-bond acceptors (Lipinski definition) is 5. The van der Waals surface area contributed by atoms with Crippen LogP contribution in [-0.4, -0.2) is 36.1 Å². The number of nitrogens with zero attached hydrogens (tertiary/aromatic N) is 2. The zero-order valence-corrected chi connectivity index (χ0v) is 24.9. The number of piperidine rings is 1. The predicted molar refractivity (Wildman–Crippen MR) is 170 cm³/mol. The van der Waals surface area contributed by atoms with Crippen molar-refractivity contribution in [2.75, 3.05) is 35.2 Å². The number of aromatic nitrogens is 1. The number of nitrogens with one attached hydrogen (secondary N) is 2. The molecule has 226 valence electrons. The molecule has 44 heavy (non-hydrogen) atoms. The minimum Gasteiger partial charge on any atom is -0.494 e. The number of ether oxygens (including phenoxy) is 1. The second-order valence-electron chi connectivity index (χ2n) is 11.2. The van der Waals surface area contributed by atoms with E-state index >= 15 is 0 Å². The SMILES string of the molecule is CCOc1ccc(NC(=O)c2ccc(N3C[C@H]4C[C@@H](C3)c3cccc(=O)n3C4)c(NC(=O)Cc3c(F)cccc3Cl)c2)cc1. The predicted octanol–water partition coefficient (Wildman–Crippen LogP) is 6.10. The summed E-state index contributed by atoms with van der Waals surface area (Å²) in [5, 5.41) is 5.99. The lowest BCUT2D eigenvalue weighted by molar-refractivity contribution is -0.115. The molecular weight excluding hydrogens is 583 g/mol. The molecule has 0 spiro atoms. The van der Waals surface area contributed by atoms with Crippen LogP contribution in [0.25, 0.3) is 0 Å². The monoisotopic (exact) mass is 614 g/mol. The normalized spacial score (nSPS) is 17.0. The van der Waals surface area contributed by atoms with Gasteiger partial charge in [-0.15, -0.1) is 0 Å². The number of pyridine rings is 1. The Morgan fingerprint density at radius 1 is 0.977 bits per heavy atom. The van der Waals surface area contributed by atoms with Crippen molar-refractivity contribution in [1.29, 1.82) is 0 Å². The van der Waals surface area contributed by atoms with Crippen LogP contribution in [0.1, 0.15) is 40.9 Å². The van der Waals surface area contributed by atoms with Crippen LogP contribution in [0.15, 0.2) is 83.7 Å². The molecule has 2 amide bonds. The summed E-state index contributed by atoms with van der Waals surface area (Å²) in [6.45, 7) is 4.38. The van der Waals surface area contributed by atoms with E-state index in [1.807, 2.05) is 23.6 Å². The highest BCUT2D eigenvalue weighted by molar-refractivity contribution is 6.31. The van der Waals surface area contributed by atoms with E-state index in [0.29, 0.717) is 48.9 Å². The molecule has 4 aromatic rings. The first kappa shape index (κ1) is 29.4. The number of benzene rings is 3. The lowest BCUT2D eigenvalue weighted by Gasteiger charge is -2.44. The Hall–Kier alpha value is -4.63. The molecule has 0 radical (unpaired) electrons. The lowest BCUT2D eigenvalue weighted by atomic mass is 9.83. The van der Waals surface area contributed by atoms with Crippen LogP contribution in [0.5, 0.6) is 5.75 Å². The Labute approximate surface area is 259 Å². The van der Waals surface area contributed by atoms with Crippen molar-refractivity contribution in [2.24, 2.45) is 5.92 Å². The maximum Gasteiger partial charge on any atom is 0.255 e. The fraction of sp³-hybridized carbons (Fsp3) is 0.265. The molecule has 2 aliphatic rings. The van der Waals surface area contributed by atoms with E-state index in [9.17, 15) is 18.8 Å². The van der Waals surface area contributed by atoms with Gasteiger partial charge in [0.2, 0.25) is 5.91 Å². The summed E-state index contributed by atoms with van der Waals surface area (Å²) in [6.07, 6.45) is 0.700. The summed E-state index contributed by atoms with van der Waals surface area (Å²) >= 11 is 6.19. The molecule has 2 atom stereocenters. The van der Waals surface area contributed by atoms with Crippen LogP contribution in [0.4, 0.5) is 21.5 Å². The van der Waals surface area contributed by atoms with Gasteiger partial charge in [0.15, 0.2) is 0 Å². The van der Waals surface area contributed by atoms with Gasteiger partial charge in [-0.05, 0) is 79.9 Å². The molecule has 0 saturated carbocycles. The van der Waals surface area contributed by atoms with Crippen molar-refractivity contribution in [3.8, 4) is 5.75 Å². The number of amides is 2. The van der Waals surface area contributed by atoms with Crippen LogP contribution in [-0.2, 0) is 17.8 Å². The molecule has 1 fully saturated rings. The molecule has 1 saturated heterocycles. The topological polar surface area (TPSA) is 92.7 Å². The molecule has 2 aliphatic heterocycles. The third kappa shape index (κ3) is 6.19. The van der Waals surface area contributed by atoms with Gasteiger partial charge in [-0.25, -0.2) is 4.39 Å². The molecular formula is C34H32ClFN4O4. The number of carbonyl (C=O) groups is 2. The Morgan fingerprint density at radius 3 is 2.55 bits per heavy atom. The van der Waals surface area contributed by atoms with E-state index in [4.69, 9.17) is 16.3 Å². The van der Waals surface area contributed by atoms with Gasteiger partial charge in [-0.3, -0.25) is 14.4 Å². The molecule has 0 unspecified atom stereocenters. The van der Waals surface area contributed by atoms with Crippen molar-refractivity contribution in [1.82, 2.24) is 4.57 Å². The van der Waals surface area contributed by atoms with Gasteiger partial charge in [0.25, 0.3) is 11.5 Å². The Kier molecular flexibility index (Phi) is 8.39. The van der Waals surface area contributed by atoms with Gasteiger partial charge in [-0.1, -0.05) is 23.7 Å². The summed E-state index contributed by atoms with van der Waals surface area (Å²) in [5.74, 6) is -0.291. The Balaban J connectivity index is 1.29. The highest BCUT2D eigenvalue weighted by atomic mass is 35.5. The second kappa shape index (κ2) is 12.5. The fourth-order valence-corrected chi connectivity index (χ4v) is 6.44. The van der Waals surface area contributed by atoms with Crippen LogP contribution in [0.3, 0.4) is 0 Å². The first-order valence-electron chi connectivity index (χ1n) is 14.6. The van der Waals surface area contributed by atoms with E-state index in [1.165, 1.54) is 12.1 Å². The summed E-state index contributed by atoms with van der Waals surface area (Å²) in [4.78, 5) is 41.3. The van der Waals surface area contributed by atoms with Gasteiger partial charge < -0.3 is 24.8 Å². The number of rotatable bonds is 8. The number of fused-ring (bicyclic) bond motifs is 4. The minimum atomic E-state index is -0.561. The molecule has 2 bridgehead atoms. The summed E-state index contributed by atoms with van der Waals surface area (Å²) in [6, 6.07) is 22.0. The van der Waals surface area contributed by atoms with Crippen LogP contribution in [0.2, 0.25) is 5.02 Å². The first-order valence-corrected chi connectivity index (χ1v) is 15.0. The van der Waals surface area contributed by atoms with Crippen LogP contribution >= 0.6 is 11.6 Å². The summed E-state index contributed by atoms with van der Waals surface area (Å²) in [7, 11) is 0. The molecule has 0 aliphatic carbocycles. The van der Waals surface area contributed by atoms with Crippen molar-refractivity contribution >= 4 is 40.5 Å². The quantitative estimate of drug-likeness (QED) is 0.250. The van der Waals surface area contributed by atoms with Gasteiger partial charge in [0, 0.05) is 59.1 Å². The maximum atomic E-state index is 14.5. The molecule has 10 heteroatoms. The van der Waals surface area contributed by atoms with Crippen LogP contribution in [0, 0.1) is 11.7 Å². The van der Waals surface area contributed by atoms with Gasteiger partial charge in [-0.2, -0.15) is 0 Å². The van der Waals surface area contributed by atoms with Gasteiger partial charge in [0.05, 0.1) is 24.4 Å². The zero-order chi connectivity index (χ0) is 30.8. The zero-order valence-electron chi connectivity index (χ0n) is 24.2. The van der Waals surface area contributed by atoms with Crippen molar-refractivity contribution in [2.45, 2.75) is 32.2 Å². The average Bonchev–Trinajstić information content (AvgIpc) is 3.00. The fourth-order valence-electron chi connectivity index (χ4n) is 6.21. The lowest BCUT2D eigenvalue weighted by Crippen LogP contribution is -2.47. The Bertz CT molecular complexity index is 1750. The molecule has 8 nitrogen and oxygen atoms in total.